The minimum absolute atomic E-state index is 0.324. The van der Waals surface area contributed by atoms with Crippen LogP contribution in [0.4, 0.5) is 0 Å². The third kappa shape index (κ3) is 2.88. The topological polar surface area (TPSA) is 54.3 Å². The summed E-state index contributed by atoms with van der Waals surface area (Å²) in [6, 6.07) is 15.2. The van der Waals surface area contributed by atoms with E-state index in [2.05, 4.69) is 16.3 Å². The first kappa shape index (κ1) is 17.0. The first-order chi connectivity index (χ1) is 13.1. The van der Waals surface area contributed by atoms with Gasteiger partial charge in [-0.25, -0.2) is 12.4 Å². The van der Waals surface area contributed by atoms with Gasteiger partial charge in [-0.05, 0) is 48.7 Å². The first-order valence-electron chi connectivity index (χ1n) is 9.51. The average molecular weight is 382 g/mol. The predicted octanol–water partition coefficient (Wildman–Crippen LogP) is 2.95. The van der Waals surface area contributed by atoms with Gasteiger partial charge in [0.1, 0.15) is 0 Å². The molecule has 2 aliphatic rings. The van der Waals surface area contributed by atoms with E-state index >= 15 is 0 Å². The molecule has 1 unspecified atom stereocenters. The van der Waals surface area contributed by atoms with Crippen LogP contribution in [-0.2, 0) is 23.1 Å². The van der Waals surface area contributed by atoms with Crippen LogP contribution in [0.15, 0.2) is 59.6 Å². The molecule has 3 aromatic rings. The van der Waals surface area contributed by atoms with Gasteiger partial charge in [0.2, 0.25) is 0 Å². The van der Waals surface area contributed by atoms with Crippen molar-refractivity contribution in [2.24, 2.45) is 0 Å². The number of nitrogens with one attached hydrogen (secondary N) is 1. The molecule has 0 aliphatic carbocycles. The smallest absolute Gasteiger partial charge is 0.268 e. The lowest BCUT2D eigenvalue weighted by molar-refractivity contribution is 0.229. The van der Waals surface area contributed by atoms with Crippen LogP contribution in [0.1, 0.15) is 24.0 Å². The van der Waals surface area contributed by atoms with Gasteiger partial charge in [-0.3, -0.25) is 4.90 Å². The molecule has 27 heavy (non-hydrogen) atoms. The molecular formula is C21H23N3O2S. The number of nitrogens with zero attached hydrogens (tertiary/aromatic N) is 2. The molecule has 1 atom stereocenters. The number of rotatable bonds is 4. The Morgan fingerprint density at radius 3 is 2.59 bits per heavy atom. The largest absolute Gasteiger partial charge is 0.313 e. The van der Waals surface area contributed by atoms with Crippen LogP contribution in [-0.4, -0.2) is 36.4 Å². The van der Waals surface area contributed by atoms with Crippen LogP contribution >= 0.6 is 0 Å². The lowest BCUT2D eigenvalue weighted by Gasteiger charge is -2.29. The molecule has 6 heteroatoms. The highest BCUT2D eigenvalue weighted by Gasteiger charge is 2.27. The highest BCUT2D eigenvalue weighted by Crippen LogP contribution is 2.33. The summed E-state index contributed by atoms with van der Waals surface area (Å²) >= 11 is 0. The maximum absolute atomic E-state index is 13.2. The van der Waals surface area contributed by atoms with E-state index in [0.717, 1.165) is 42.6 Å². The third-order valence-corrected chi connectivity index (χ3v) is 7.38. The number of benzene rings is 2. The first-order valence-corrected chi connectivity index (χ1v) is 10.9. The van der Waals surface area contributed by atoms with Crippen molar-refractivity contribution >= 4 is 20.9 Å². The molecule has 2 aromatic carbocycles. The average Bonchev–Trinajstić information content (AvgIpc) is 3.32. The Balaban J connectivity index is 1.56. The summed E-state index contributed by atoms with van der Waals surface area (Å²) in [5, 5.41) is 4.67. The van der Waals surface area contributed by atoms with Crippen molar-refractivity contribution in [1.29, 1.82) is 0 Å². The zero-order chi connectivity index (χ0) is 18.4. The Hall–Kier alpha value is -2.15. The van der Waals surface area contributed by atoms with Gasteiger partial charge in [-0.1, -0.05) is 30.3 Å². The second-order valence-electron chi connectivity index (χ2n) is 7.54. The van der Waals surface area contributed by atoms with Gasteiger partial charge in [-0.15, -0.1) is 0 Å². The monoisotopic (exact) mass is 381 g/mol. The van der Waals surface area contributed by atoms with Crippen LogP contribution in [0.25, 0.3) is 10.9 Å². The highest BCUT2D eigenvalue weighted by molar-refractivity contribution is 7.90. The molecular weight excluding hydrogens is 358 g/mol. The van der Waals surface area contributed by atoms with Gasteiger partial charge in [0, 0.05) is 37.3 Å². The molecule has 5 rings (SSSR count). The quantitative estimate of drug-likeness (QED) is 0.755. The molecule has 0 amide bonds. The molecule has 2 aliphatic heterocycles. The molecule has 1 N–H and O–H groups in total. The number of aromatic nitrogens is 1. The highest BCUT2D eigenvalue weighted by atomic mass is 32.2. The van der Waals surface area contributed by atoms with Crippen LogP contribution in [0.3, 0.4) is 0 Å². The van der Waals surface area contributed by atoms with Crippen molar-refractivity contribution < 1.29 is 8.42 Å². The summed E-state index contributed by atoms with van der Waals surface area (Å²) in [5.74, 6) is 0. The summed E-state index contributed by atoms with van der Waals surface area (Å²) in [4.78, 5) is 2.75. The van der Waals surface area contributed by atoms with E-state index in [0.29, 0.717) is 10.9 Å². The van der Waals surface area contributed by atoms with Crippen molar-refractivity contribution in [3.63, 3.8) is 0 Å². The number of hydrogen-bond donors (Lipinski definition) is 1. The van der Waals surface area contributed by atoms with Crippen LogP contribution in [0.2, 0.25) is 0 Å². The minimum Gasteiger partial charge on any atom is -0.313 e. The molecule has 0 spiro atoms. The van der Waals surface area contributed by atoms with Gasteiger partial charge in [0.05, 0.1) is 10.4 Å². The molecule has 1 aromatic heterocycles. The maximum atomic E-state index is 13.2. The van der Waals surface area contributed by atoms with Gasteiger partial charge in [-0.2, -0.15) is 0 Å². The minimum atomic E-state index is -3.60. The van der Waals surface area contributed by atoms with Crippen molar-refractivity contribution in [1.82, 2.24) is 14.2 Å². The fourth-order valence-corrected chi connectivity index (χ4v) is 5.87. The van der Waals surface area contributed by atoms with Crippen molar-refractivity contribution in [3.05, 3.63) is 65.9 Å². The summed E-state index contributed by atoms with van der Waals surface area (Å²) in [6.07, 6.45) is 4.28. The Morgan fingerprint density at radius 2 is 1.81 bits per heavy atom. The summed E-state index contributed by atoms with van der Waals surface area (Å²) in [5.41, 5.74) is 3.10. The number of hydrogen-bond acceptors (Lipinski definition) is 4. The SMILES string of the molecule is O=S(=O)(c1ccccc1)n1cc2c3c(cccc31)CN(CC1CCCN1)C2. The van der Waals surface area contributed by atoms with Crippen LogP contribution < -0.4 is 5.32 Å². The Labute approximate surface area is 159 Å². The second kappa shape index (κ2) is 6.48. The molecule has 0 saturated carbocycles. The summed E-state index contributed by atoms with van der Waals surface area (Å²) in [6.45, 7) is 3.78. The Morgan fingerprint density at radius 1 is 1.00 bits per heavy atom. The molecule has 0 radical (unpaired) electrons. The van der Waals surface area contributed by atoms with Crippen molar-refractivity contribution in [2.45, 2.75) is 36.9 Å². The lowest BCUT2D eigenvalue weighted by Crippen LogP contribution is -2.37. The maximum Gasteiger partial charge on any atom is 0.268 e. The zero-order valence-corrected chi connectivity index (χ0v) is 16.0. The van der Waals surface area contributed by atoms with Crippen LogP contribution in [0, 0.1) is 0 Å². The van der Waals surface area contributed by atoms with Crippen molar-refractivity contribution in [3.8, 4) is 0 Å². The Bertz CT molecular complexity index is 1080. The van der Waals surface area contributed by atoms with E-state index in [1.54, 1.807) is 24.3 Å². The third-order valence-electron chi connectivity index (χ3n) is 5.69. The molecule has 0 bridgehead atoms. The molecule has 1 saturated heterocycles. The second-order valence-corrected chi connectivity index (χ2v) is 9.36. The molecule has 1 fully saturated rings. The van der Waals surface area contributed by atoms with E-state index < -0.39 is 10.0 Å². The Kier molecular flexibility index (Phi) is 4.07. The van der Waals surface area contributed by atoms with Gasteiger partial charge in [0.25, 0.3) is 10.0 Å². The predicted molar refractivity (Wildman–Crippen MR) is 106 cm³/mol. The summed E-state index contributed by atoms with van der Waals surface area (Å²) < 4.78 is 27.9. The molecule has 5 nitrogen and oxygen atoms in total. The fourth-order valence-electron chi connectivity index (χ4n) is 4.46. The summed E-state index contributed by atoms with van der Waals surface area (Å²) in [7, 11) is -3.60. The lowest BCUT2D eigenvalue weighted by atomic mass is 10.0. The zero-order valence-electron chi connectivity index (χ0n) is 15.1. The normalized spacial score (nSPS) is 20.4. The van der Waals surface area contributed by atoms with Crippen molar-refractivity contribution in [2.75, 3.05) is 13.1 Å². The van der Waals surface area contributed by atoms with E-state index in [-0.39, 0.29) is 0 Å². The van der Waals surface area contributed by atoms with E-state index in [9.17, 15) is 8.42 Å². The van der Waals surface area contributed by atoms with E-state index in [4.69, 9.17) is 0 Å². The fraction of sp³-hybridized carbons (Fsp3) is 0.333. The van der Waals surface area contributed by atoms with Gasteiger partial charge in [0.15, 0.2) is 0 Å². The van der Waals surface area contributed by atoms with Crippen LogP contribution in [0.5, 0.6) is 0 Å². The van der Waals surface area contributed by atoms with Gasteiger partial charge >= 0.3 is 0 Å². The standard InChI is InChI=1S/C21H23N3O2S/c25-27(26,19-8-2-1-3-9-19)24-14-17-13-23(15-18-7-5-11-22-18)12-16-6-4-10-20(24)21(16)17/h1-4,6,8-10,14,18,22H,5,7,11-13,15H2. The molecule has 3 heterocycles. The van der Waals surface area contributed by atoms with E-state index in [1.165, 1.54) is 22.4 Å². The van der Waals surface area contributed by atoms with E-state index in [1.807, 2.05) is 24.4 Å². The van der Waals surface area contributed by atoms with Gasteiger partial charge < -0.3 is 5.32 Å². The molecule has 140 valence electrons.